The molecule has 0 heterocycles. The van der Waals surface area contributed by atoms with E-state index in [9.17, 15) is 29.2 Å². The number of halogens is 1. The van der Waals surface area contributed by atoms with Gasteiger partial charge >= 0.3 is 11.7 Å². The van der Waals surface area contributed by atoms with Gasteiger partial charge < -0.3 is 15.2 Å². The number of fused-ring (bicyclic) bond motifs is 1. The topological polar surface area (TPSA) is 119 Å². The van der Waals surface area contributed by atoms with E-state index in [2.05, 4.69) is 5.32 Å². The van der Waals surface area contributed by atoms with Crippen molar-refractivity contribution in [3.8, 4) is 5.75 Å². The van der Waals surface area contributed by atoms with Gasteiger partial charge in [0.05, 0.1) is 4.92 Å². The minimum atomic E-state index is -1.28. The third-order valence-corrected chi connectivity index (χ3v) is 4.18. The summed E-state index contributed by atoms with van der Waals surface area (Å²) >= 11 is 0. The third-order valence-electron chi connectivity index (χ3n) is 4.18. The maximum Gasteiger partial charge on any atom is 0.342 e. The van der Waals surface area contributed by atoms with Crippen molar-refractivity contribution >= 4 is 34.0 Å². The number of benzene rings is 3. The summed E-state index contributed by atoms with van der Waals surface area (Å²) < 4.78 is 18.5. The predicted octanol–water partition coefficient (Wildman–Crippen LogP) is 3.78. The van der Waals surface area contributed by atoms with Crippen LogP contribution in [0.25, 0.3) is 10.8 Å². The molecule has 9 heteroatoms. The van der Waals surface area contributed by atoms with Gasteiger partial charge in [0, 0.05) is 17.1 Å². The van der Waals surface area contributed by atoms with Crippen molar-refractivity contribution in [3.05, 3.63) is 76.1 Å². The number of phenolic OH excluding ortho intramolecular Hbond substituents is 1. The predicted molar refractivity (Wildman–Crippen MR) is 102 cm³/mol. The number of esters is 1. The van der Waals surface area contributed by atoms with Gasteiger partial charge in [-0.25, -0.2) is 4.79 Å². The Labute approximate surface area is 163 Å². The molecule has 0 aliphatic carbocycles. The molecule has 0 saturated heterocycles. The van der Waals surface area contributed by atoms with Gasteiger partial charge in [-0.05, 0) is 30.5 Å². The summed E-state index contributed by atoms with van der Waals surface area (Å²) in [7, 11) is 0. The monoisotopic (exact) mass is 398 g/mol. The lowest BCUT2D eigenvalue weighted by atomic mass is 10.1. The van der Waals surface area contributed by atoms with Gasteiger partial charge in [-0.1, -0.05) is 30.3 Å². The van der Waals surface area contributed by atoms with Crippen LogP contribution in [0.2, 0.25) is 0 Å². The van der Waals surface area contributed by atoms with E-state index in [1.165, 1.54) is 13.0 Å². The molecule has 0 aliphatic rings. The van der Waals surface area contributed by atoms with Crippen LogP contribution < -0.4 is 5.32 Å². The molecule has 3 aromatic carbocycles. The molecule has 148 valence electrons. The SMILES string of the molecule is CC(OC(=O)c1ccc2ccccc2c1O)C(=O)Nc1ccc(F)c([N+](=O)[O-])c1. The number of anilines is 1. The number of amides is 1. The highest BCUT2D eigenvalue weighted by atomic mass is 19.1. The van der Waals surface area contributed by atoms with E-state index >= 15 is 0 Å². The molecular formula is C20H15FN2O6. The van der Waals surface area contributed by atoms with Crippen molar-refractivity contribution in [2.45, 2.75) is 13.0 Å². The Morgan fingerprint density at radius 1 is 1.17 bits per heavy atom. The van der Waals surface area contributed by atoms with E-state index in [4.69, 9.17) is 4.74 Å². The van der Waals surface area contributed by atoms with Gasteiger partial charge in [0.1, 0.15) is 11.3 Å². The Hall–Kier alpha value is -4.01. The molecule has 0 aromatic heterocycles. The zero-order chi connectivity index (χ0) is 21.1. The molecule has 0 spiro atoms. The molecule has 0 saturated carbocycles. The molecule has 0 radical (unpaired) electrons. The fourth-order valence-electron chi connectivity index (χ4n) is 2.67. The lowest BCUT2D eigenvalue weighted by Gasteiger charge is -2.14. The van der Waals surface area contributed by atoms with Crippen LogP contribution in [0.15, 0.2) is 54.6 Å². The normalized spacial score (nSPS) is 11.7. The summed E-state index contributed by atoms with van der Waals surface area (Å²) in [5.74, 6) is -3.00. The van der Waals surface area contributed by atoms with Crippen molar-refractivity contribution in [2.24, 2.45) is 0 Å². The standard InChI is InChI=1S/C20H15FN2O6/c1-11(19(25)22-13-7-9-16(21)17(10-13)23(27)28)29-20(26)15-8-6-12-4-2-3-5-14(12)18(15)24/h2-11,24H,1H3,(H,22,25). The lowest BCUT2D eigenvalue weighted by Crippen LogP contribution is -2.30. The van der Waals surface area contributed by atoms with Gasteiger partial charge in [-0.15, -0.1) is 0 Å². The fourth-order valence-corrected chi connectivity index (χ4v) is 2.67. The van der Waals surface area contributed by atoms with Crippen LogP contribution in [0.5, 0.6) is 5.75 Å². The number of carbonyl (C=O) groups excluding carboxylic acids is 2. The van der Waals surface area contributed by atoms with E-state index in [0.717, 1.165) is 23.6 Å². The fraction of sp³-hybridized carbons (Fsp3) is 0.100. The minimum Gasteiger partial charge on any atom is -0.506 e. The van der Waals surface area contributed by atoms with Gasteiger partial charge in [-0.2, -0.15) is 4.39 Å². The van der Waals surface area contributed by atoms with Crippen LogP contribution in [0.3, 0.4) is 0 Å². The first-order chi connectivity index (χ1) is 13.8. The average molecular weight is 398 g/mol. The van der Waals surface area contributed by atoms with Gasteiger partial charge in [-0.3, -0.25) is 14.9 Å². The van der Waals surface area contributed by atoms with Gasteiger partial charge in [0.2, 0.25) is 5.82 Å². The second kappa shape index (κ2) is 7.93. The molecule has 1 unspecified atom stereocenters. The number of hydrogen-bond acceptors (Lipinski definition) is 6. The quantitative estimate of drug-likeness (QED) is 0.384. The van der Waals surface area contributed by atoms with Crippen molar-refractivity contribution in [3.63, 3.8) is 0 Å². The minimum absolute atomic E-state index is 0.0282. The Bertz CT molecular complexity index is 1130. The Morgan fingerprint density at radius 3 is 2.62 bits per heavy atom. The first kappa shape index (κ1) is 19.7. The van der Waals surface area contributed by atoms with Crippen LogP contribution in [0, 0.1) is 15.9 Å². The summed E-state index contributed by atoms with van der Waals surface area (Å²) in [6, 6.07) is 12.8. The number of nitro benzene ring substituents is 1. The number of phenols is 1. The summed E-state index contributed by atoms with van der Waals surface area (Å²) in [5, 5.41) is 24.6. The zero-order valence-electron chi connectivity index (χ0n) is 15.1. The molecule has 29 heavy (non-hydrogen) atoms. The van der Waals surface area contributed by atoms with E-state index in [1.807, 2.05) is 0 Å². The maximum atomic E-state index is 13.4. The van der Waals surface area contributed by atoms with E-state index in [1.54, 1.807) is 30.3 Å². The number of nitro groups is 1. The average Bonchev–Trinajstić information content (AvgIpc) is 2.69. The van der Waals surface area contributed by atoms with Crippen LogP contribution in [-0.2, 0) is 9.53 Å². The highest BCUT2D eigenvalue weighted by Crippen LogP contribution is 2.29. The lowest BCUT2D eigenvalue weighted by molar-refractivity contribution is -0.387. The number of nitrogens with zero attached hydrogens (tertiary/aromatic N) is 1. The number of nitrogens with one attached hydrogen (secondary N) is 1. The summed E-state index contributed by atoms with van der Waals surface area (Å²) in [6.07, 6.45) is -1.28. The molecule has 0 bridgehead atoms. The smallest absolute Gasteiger partial charge is 0.342 e. The maximum absolute atomic E-state index is 13.4. The molecule has 0 fully saturated rings. The van der Waals surface area contributed by atoms with Crippen LogP contribution in [0.4, 0.5) is 15.8 Å². The largest absolute Gasteiger partial charge is 0.506 e. The Balaban J connectivity index is 1.73. The number of rotatable bonds is 5. The van der Waals surface area contributed by atoms with E-state index in [0.29, 0.717) is 5.39 Å². The van der Waals surface area contributed by atoms with Crippen molar-refractivity contribution in [2.75, 3.05) is 5.32 Å². The van der Waals surface area contributed by atoms with Crippen LogP contribution in [-0.4, -0.2) is 28.0 Å². The number of carbonyl (C=O) groups is 2. The molecular weight excluding hydrogens is 383 g/mol. The van der Waals surface area contributed by atoms with Gasteiger partial charge in [0.15, 0.2) is 6.10 Å². The van der Waals surface area contributed by atoms with Crippen molar-refractivity contribution < 1.29 is 28.7 Å². The van der Waals surface area contributed by atoms with Gasteiger partial charge in [0.25, 0.3) is 5.91 Å². The molecule has 2 N–H and O–H groups in total. The molecule has 3 aromatic rings. The van der Waals surface area contributed by atoms with Crippen molar-refractivity contribution in [1.29, 1.82) is 0 Å². The third kappa shape index (κ3) is 4.13. The second-order valence-corrected chi connectivity index (χ2v) is 6.14. The first-order valence-corrected chi connectivity index (χ1v) is 8.44. The molecule has 8 nitrogen and oxygen atoms in total. The Morgan fingerprint density at radius 2 is 1.90 bits per heavy atom. The highest BCUT2D eigenvalue weighted by molar-refractivity contribution is 6.02. The summed E-state index contributed by atoms with van der Waals surface area (Å²) in [5.41, 5.74) is -0.936. The summed E-state index contributed by atoms with van der Waals surface area (Å²) in [6.45, 7) is 1.29. The molecule has 3 rings (SSSR count). The summed E-state index contributed by atoms with van der Waals surface area (Å²) in [4.78, 5) is 34.5. The van der Waals surface area contributed by atoms with Crippen LogP contribution >= 0.6 is 0 Å². The van der Waals surface area contributed by atoms with E-state index in [-0.39, 0.29) is 17.0 Å². The zero-order valence-corrected chi connectivity index (χ0v) is 15.1. The number of hydrogen-bond donors (Lipinski definition) is 2. The molecule has 0 aliphatic heterocycles. The number of ether oxygens (including phenoxy) is 1. The van der Waals surface area contributed by atoms with Crippen LogP contribution in [0.1, 0.15) is 17.3 Å². The molecule has 1 atom stereocenters. The highest BCUT2D eigenvalue weighted by Gasteiger charge is 2.23. The first-order valence-electron chi connectivity index (χ1n) is 8.44. The van der Waals surface area contributed by atoms with Crippen molar-refractivity contribution in [1.82, 2.24) is 0 Å². The molecule has 1 amide bonds. The number of aromatic hydroxyl groups is 1. The Kier molecular flexibility index (Phi) is 5.40. The second-order valence-electron chi connectivity index (χ2n) is 6.14. The van der Waals surface area contributed by atoms with E-state index < -0.39 is 34.4 Å².